The van der Waals surface area contributed by atoms with Gasteiger partial charge in [-0.1, -0.05) is 86.0 Å². The lowest BCUT2D eigenvalue weighted by atomic mass is 9.78. The number of aromatic hydroxyl groups is 2. The molecule has 36 heavy (non-hydrogen) atoms. The van der Waals surface area contributed by atoms with E-state index in [1.165, 1.54) is 4.80 Å². The summed E-state index contributed by atoms with van der Waals surface area (Å²) in [7, 11) is 0. The normalized spacial score (nSPS) is 12.9. The number of benzene rings is 3. The number of halogens is 1. The summed E-state index contributed by atoms with van der Waals surface area (Å²) in [4.78, 5) is 1.45. The Balaban J connectivity index is 2.03. The number of rotatable bonds is 2. The van der Waals surface area contributed by atoms with Crippen LogP contribution in [0.3, 0.4) is 0 Å². The third-order valence-corrected chi connectivity index (χ3v) is 6.93. The molecule has 1 heterocycles. The van der Waals surface area contributed by atoms with E-state index in [4.69, 9.17) is 16.7 Å². The minimum atomic E-state index is -0.280. The van der Waals surface area contributed by atoms with Crippen LogP contribution in [0, 0.1) is 0 Å². The molecule has 0 fully saturated rings. The first-order valence-corrected chi connectivity index (χ1v) is 12.6. The number of phenols is 2. The molecular formula is C30H36ClN3O2. The lowest BCUT2D eigenvalue weighted by Gasteiger charge is -2.27. The largest absolute Gasteiger partial charge is 0.507 e. The Kier molecular flexibility index (Phi) is 6.16. The quantitative estimate of drug-likeness (QED) is 0.289. The maximum atomic E-state index is 11.5. The van der Waals surface area contributed by atoms with Crippen molar-refractivity contribution in [1.29, 1.82) is 0 Å². The van der Waals surface area contributed by atoms with E-state index in [1.54, 1.807) is 12.1 Å². The maximum absolute atomic E-state index is 11.5. The average Bonchev–Trinajstić information content (AvgIpc) is 3.16. The van der Waals surface area contributed by atoms with Crippen LogP contribution in [0.15, 0.2) is 42.5 Å². The second-order valence-corrected chi connectivity index (χ2v) is 13.1. The van der Waals surface area contributed by atoms with Crippen molar-refractivity contribution < 1.29 is 10.2 Å². The summed E-state index contributed by atoms with van der Waals surface area (Å²) in [6.45, 7) is 19.1. The number of hydrogen-bond donors (Lipinski definition) is 2. The number of hydrogen-bond acceptors (Lipinski definition) is 4. The van der Waals surface area contributed by atoms with Gasteiger partial charge in [0.2, 0.25) is 0 Å². The minimum Gasteiger partial charge on any atom is -0.507 e. The van der Waals surface area contributed by atoms with Gasteiger partial charge in [0, 0.05) is 16.7 Å². The number of aromatic nitrogens is 3. The second-order valence-electron chi connectivity index (χ2n) is 12.7. The van der Waals surface area contributed by atoms with Crippen LogP contribution >= 0.6 is 11.6 Å². The molecular weight excluding hydrogens is 470 g/mol. The highest BCUT2D eigenvalue weighted by Gasteiger charge is 2.28. The average molecular weight is 506 g/mol. The molecule has 0 aliphatic carbocycles. The molecule has 0 amide bonds. The van der Waals surface area contributed by atoms with Crippen molar-refractivity contribution >= 4 is 22.6 Å². The first kappa shape index (κ1) is 26.0. The Morgan fingerprint density at radius 1 is 0.722 bits per heavy atom. The van der Waals surface area contributed by atoms with Gasteiger partial charge in [-0.15, -0.1) is 15.0 Å². The van der Waals surface area contributed by atoms with Crippen molar-refractivity contribution in [3.05, 3.63) is 64.2 Å². The molecule has 0 unspecified atom stereocenters. The molecule has 0 bridgehead atoms. The van der Waals surface area contributed by atoms with Gasteiger partial charge in [-0.3, -0.25) is 0 Å². The van der Waals surface area contributed by atoms with E-state index in [0.717, 1.165) is 16.7 Å². The summed E-state index contributed by atoms with van der Waals surface area (Å²) in [6.07, 6.45) is 0. The first-order valence-electron chi connectivity index (χ1n) is 12.3. The summed E-state index contributed by atoms with van der Waals surface area (Å²) in [5.41, 5.74) is 5.39. The molecule has 4 rings (SSSR count). The van der Waals surface area contributed by atoms with Gasteiger partial charge in [0.15, 0.2) is 0 Å². The van der Waals surface area contributed by atoms with Crippen molar-refractivity contribution in [1.82, 2.24) is 15.0 Å². The highest BCUT2D eigenvalue weighted by atomic mass is 35.5. The van der Waals surface area contributed by atoms with Crippen LogP contribution in [-0.2, 0) is 16.2 Å². The molecule has 0 spiro atoms. The lowest BCUT2D eigenvalue weighted by molar-refractivity contribution is 0.446. The first-order chi connectivity index (χ1) is 16.5. The minimum absolute atomic E-state index is 0.0866. The summed E-state index contributed by atoms with van der Waals surface area (Å²) in [5, 5.41) is 32.1. The van der Waals surface area contributed by atoms with Gasteiger partial charge in [0.25, 0.3) is 0 Å². The standard InChI is InChI=1S/C30H36ClN3O2/c1-28(2,3)17-10-13-24(35)23(16-17)34-32-22-12-11-21(31)25(26(22)33-34)19-14-18(29(4,5)6)15-20(27(19)36)30(7,8)9/h10-16,35-36H,1-9H3. The fourth-order valence-electron chi connectivity index (χ4n) is 4.30. The molecule has 0 aliphatic rings. The molecule has 0 radical (unpaired) electrons. The zero-order chi connectivity index (χ0) is 26.8. The van der Waals surface area contributed by atoms with E-state index >= 15 is 0 Å². The second kappa shape index (κ2) is 8.52. The Labute approximate surface area is 218 Å². The van der Waals surface area contributed by atoms with Crippen LogP contribution in [-0.4, -0.2) is 25.2 Å². The van der Waals surface area contributed by atoms with Crippen LogP contribution in [0.2, 0.25) is 5.02 Å². The zero-order valence-corrected chi connectivity index (χ0v) is 23.4. The van der Waals surface area contributed by atoms with E-state index in [9.17, 15) is 10.2 Å². The third-order valence-electron chi connectivity index (χ3n) is 6.61. The van der Waals surface area contributed by atoms with Gasteiger partial charge in [-0.05, 0) is 57.7 Å². The summed E-state index contributed by atoms with van der Waals surface area (Å²) >= 11 is 6.78. The molecule has 3 aromatic carbocycles. The van der Waals surface area contributed by atoms with Gasteiger partial charge < -0.3 is 10.2 Å². The van der Waals surface area contributed by atoms with Gasteiger partial charge in [-0.2, -0.15) is 0 Å². The summed E-state index contributed by atoms with van der Waals surface area (Å²) < 4.78 is 0. The third kappa shape index (κ3) is 4.69. The van der Waals surface area contributed by atoms with E-state index < -0.39 is 0 Å². The molecule has 4 aromatic rings. The number of nitrogens with zero attached hydrogens (tertiary/aromatic N) is 3. The maximum Gasteiger partial charge on any atom is 0.143 e. The molecule has 0 saturated heterocycles. The predicted octanol–water partition coefficient (Wildman–Crippen LogP) is 8.04. The van der Waals surface area contributed by atoms with Crippen molar-refractivity contribution in [3.8, 4) is 28.3 Å². The van der Waals surface area contributed by atoms with Crippen LogP contribution in [0.4, 0.5) is 0 Å². The molecule has 0 atom stereocenters. The van der Waals surface area contributed by atoms with Crippen LogP contribution in [0.5, 0.6) is 11.5 Å². The highest BCUT2D eigenvalue weighted by molar-refractivity contribution is 6.35. The van der Waals surface area contributed by atoms with E-state index in [1.807, 2.05) is 24.3 Å². The van der Waals surface area contributed by atoms with Crippen molar-refractivity contribution in [2.75, 3.05) is 0 Å². The Morgan fingerprint density at radius 3 is 1.94 bits per heavy atom. The predicted molar refractivity (Wildman–Crippen MR) is 149 cm³/mol. The smallest absolute Gasteiger partial charge is 0.143 e. The van der Waals surface area contributed by atoms with Gasteiger partial charge >= 0.3 is 0 Å². The fraction of sp³-hybridized carbons (Fsp3) is 0.400. The molecule has 5 nitrogen and oxygen atoms in total. The topological polar surface area (TPSA) is 71.2 Å². The molecule has 1 aromatic heterocycles. The Bertz CT molecular complexity index is 1470. The number of fused-ring (bicyclic) bond motifs is 1. The molecule has 2 N–H and O–H groups in total. The van der Waals surface area contributed by atoms with Crippen molar-refractivity contribution in [2.24, 2.45) is 0 Å². The molecule has 0 aliphatic heterocycles. The van der Waals surface area contributed by atoms with Crippen LogP contribution < -0.4 is 0 Å². The monoisotopic (exact) mass is 505 g/mol. The van der Waals surface area contributed by atoms with Crippen LogP contribution in [0.1, 0.15) is 79.0 Å². The van der Waals surface area contributed by atoms with E-state index in [2.05, 4.69) is 73.5 Å². The zero-order valence-electron chi connectivity index (χ0n) is 22.7. The highest BCUT2D eigenvalue weighted by Crippen LogP contribution is 2.45. The van der Waals surface area contributed by atoms with Crippen LogP contribution in [0.25, 0.3) is 27.8 Å². The van der Waals surface area contributed by atoms with Crippen molar-refractivity contribution in [3.63, 3.8) is 0 Å². The lowest BCUT2D eigenvalue weighted by Crippen LogP contribution is -2.17. The van der Waals surface area contributed by atoms with Gasteiger partial charge in [0.1, 0.15) is 28.2 Å². The van der Waals surface area contributed by atoms with Gasteiger partial charge in [-0.25, -0.2) is 0 Å². The number of phenolic OH excluding ortho intramolecular Hbond substituents is 2. The Morgan fingerprint density at radius 2 is 1.36 bits per heavy atom. The van der Waals surface area contributed by atoms with Gasteiger partial charge in [0.05, 0.1) is 5.02 Å². The summed E-state index contributed by atoms with van der Waals surface area (Å²) in [5.74, 6) is 0.278. The van der Waals surface area contributed by atoms with Crippen molar-refractivity contribution in [2.45, 2.75) is 78.6 Å². The van der Waals surface area contributed by atoms with E-state index in [-0.39, 0.29) is 27.7 Å². The fourth-order valence-corrected chi connectivity index (χ4v) is 4.55. The SMILES string of the molecule is CC(C)(C)c1ccc(O)c(-n2nc3ccc(Cl)c(-c4cc(C(C)(C)C)cc(C(C)(C)C)c4O)c3n2)c1. The Hall–Kier alpha value is -3.05. The molecule has 0 saturated carbocycles. The molecule has 6 heteroatoms. The van der Waals surface area contributed by atoms with E-state index in [0.29, 0.717) is 32.9 Å². The molecule has 190 valence electrons. The summed E-state index contributed by atoms with van der Waals surface area (Å²) in [6, 6.07) is 13.2.